The Hall–Kier alpha value is -1.06. The van der Waals surface area contributed by atoms with Crippen molar-refractivity contribution in [3.05, 3.63) is 35.8 Å². The summed E-state index contributed by atoms with van der Waals surface area (Å²) in [6.07, 6.45) is -3.07. The lowest BCUT2D eigenvalue weighted by atomic mass is 10.3. The van der Waals surface area contributed by atoms with Crippen LogP contribution >= 0.6 is 22.6 Å². The van der Waals surface area contributed by atoms with Crippen LogP contribution in [0.4, 0.5) is 14.5 Å². The predicted molar refractivity (Wildman–Crippen MR) is 51.4 cm³/mol. The first-order valence-electron chi connectivity index (χ1n) is 3.28. The lowest BCUT2D eigenvalue weighted by molar-refractivity contribution is -0.387. The zero-order valence-corrected chi connectivity index (χ0v) is 8.62. The number of nitrogens with zero attached hydrogens (tertiary/aromatic N) is 1. The molecule has 0 bridgehead atoms. The summed E-state index contributed by atoms with van der Waals surface area (Å²) in [5.74, 6) is 0. The number of hydrogen-bond donors (Lipinski definition) is 1. The molecule has 1 aromatic heterocycles. The molecule has 8 heteroatoms. The van der Waals surface area contributed by atoms with Gasteiger partial charge in [0.2, 0.25) is 0 Å². The maximum atomic E-state index is 12.3. The molecule has 0 atom stereocenters. The molecule has 0 aromatic carbocycles. The number of nitrogens with one attached hydrogen (secondary N) is 1. The molecule has 0 radical (unpaired) electrons. The van der Waals surface area contributed by atoms with E-state index >= 15 is 0 Å². The van der Waals surface area contributed by atoms with E-state index in [0.29, 0.717) is 0 Å². The summed E-state index contributed by atoms with van der Waals surface area (Å²) < 4.78 is 24.7. The molecule has 0 saturated carbocycles. The Kier molecular flexibility index (Phi) is 3.13. The van der Waals surface area contributed by atoms with Crippen molar-refractivity contribution >= 4 is 28.3 Å². The van der Waals surface area contributed by atoms with Gasteiger partial charge in [0.15, 0.2) is 5.69 Å². The van der Waals surface area contributed by atoms with E-state index in [1.165, 1.54) is 0 Å². The molecule has 0 aliphatic rings. The van der Waals surface area contributed by atoms with Gasteiger partial charge in [-0.25, -0.2) is 8.78 Å². The standard InChI is InChI=1S/C6H3F2IN2O3/c7-6(8)4-5(11(13)14)2(12)1-3(9)10-4/h1,6H,(H,10,12). The van der Waals surface area contributed by atoms with Crippen LogP contribution in [0.3, 0.4) is 0 Å². The lowest BCUT2D eigenvalue weighted by Crippen LogP contribution is -2.13. The number of alkyl halides is 2. The van der Waals surface area contributed by atoms with Crippen molar-refractivity contribution in [3.8, 4) is 0 Å². The van der Waals surface area contributed by atoms with Gasteiger partial charge in [-0.15, -0.1) is 0 Å². The van der Waals surface area contributed by atoms with Crippen LogP contribution < -0.4 is 5.43 Å². The van der Waals surface area contributed by atoms with Crippen LogP contribution in [0.15, 0.2) is 10.9 Å². The van der Waals surface area contributed by atoms with E-state index in [2.05, 4.69) is 4.98 Å². The monoisotopic (exact) mass is 316 g/mol. The van der Waals surface area contributed by atoms with Crippen LogP contribution in [-0.2, 0) is 0 Å². The highest BCUT2D eigenvalue weighted by molar-refractivity contribution is 14.1. The van der Waals surface area contributed by atoms with Gasteiger partial charge in [-0.1, -0.05) is 0 Å². The fraction of sp³-hybridized carbons (Fsp3) is 0.167. The number of aromatic nitrogens is 1. The quantitative estimate of drug-likeness (QED) is 0.391. The zero-order chi connectivity index (χ0) is 10.9. The topological polar surface area (TPSA) is 76.0 Å². The van der Waals surface area contributed by atoms with Gasteiger partial charge in [-0.2, -0.15) is 0 Å². The van der Waals surface area contributed by atoms with Gasteiger partial charge in [-0.05, 0) is 22.6 Å². The minimum Gasteiger partial charge on any atom is -0.343 e. The first-order chi connectivity index (χ1) is 6.43. The molecule has 76 valence electrons. The summed E-state index contributed by atoms with van der Waals surface area (Å²) in [7, 11) is 0. The van der Waals surface area contributed by atoms with Crippen LogP contribution in [-0.4, -0.2) is 9.91 Å². The molecule has 1 aromatic rings. The molecule has 0 aliphatic heterocycles. The second-order valence-corrected chi connectivity index (χ2v) is 3.46. The minimum atomic E-state index is -3.07. The van der Waals surface area contributed by atoms with E-state index in [4.69, 9.17) is 0 Å². The van der Waals surface area contributed by atoms with Crippen molar-refractivity contribution in [1.82, 2.24) is 4.98 Å². The predicted octanol–water partition coefficient (Wildman–Crippen LogP) is 1.83. The Labute approximate surface area is 89.4 Å². The van der Waals surface area contributed by atoms with Crippen LogP contribution in [0, 0.1) is 13.8 Å². The normalized spacial score (nSPS) is 10.6. The molecule has 5 nitrogen and oxygen atoms in total. The largest absolute Gasteiger partial charge is 0.343 e. The second-order valence-electron chi connectivity index (χ2n) is 2.30. The smallest absolute Gasteiger partial charge is 0.341 e. The van der Waals surface area contributed by atoms with E-state index < -0.39 is 28.2 Å². The molecule has 1 N–H and O–H groups in total. The molecule has 0 fully saturated rings. The lowest BCUT2D eigenvalue weighted by Gasteiger charge is -2.01. The minimum absolute atomic E-state index is 0.133. The van der Waals surface area contributed by atoms with Crippen LogP contribution in [0.25, 0.3) is 0 Å². The third-order valence-electron chi connectivity index (χ3n) is 1.40. The van der Waals surface area contributed by atoms with Gasteiger partial charge < -0.3 is 4.98 Å². The molecule has 14 heavy (non-hydrogen) atoms. The Morgan fingerprint density at radius 3 is 2.57 bits per heavy atom. The number of hydrogen-bond acceptors (Lipinski definition) is 3. The molecular formula is C6H3F2IN2O3. The van der Waals surface area contributed by atoms with Gasteiger partial charge in [0.25, 0.3) is 11.9 Å². The summed E-state index contributed by atoms with van der Waals surface area (Å²) in [5, 5.41) is 10.3. The average molecular weight is 316 g/mol. The van der Waals surface area contributed by atoms with Gasteiger partial charge in [0, 0.05) is 6.07 Å². The van der Waals surface area contributed by atoms with Crippen molar-refractivity contribution in [3.63, 3.8) is 0 Å². The van der Waals surface area contributed by atoms with Crippen molar-refractivity contribution in [2.24, 2.45) is 0 Å². The first kappa shape index (κ1) is 11.0. The number of halogens is 3. The Bertz CT molecular complexity index is 432. The van der Waals surface area contributed by atoms with E-state index in [1.807, 2.05) is 0 Å². The molecule has 0 aliphatic carbocycles. The third kappa shape index (κ3) is 2.05. The Morgan fingerprint density at radius 2 is 2.14 bits per heavy atom. The van der Waals surface area contributed by atoms with Crippen LogP contribution in [0.1, 0.15) is 12.1 Å². The molecule has 0 spiro atoms. The Balaban J connectivity index is 3.53. The van der Waals surface area contributed by atoms with Crippen molar-refractivity contribution in [2.75, 3.05) is 0 Å². The highest BCUT2D eigenvalue weighted by Gasteiger charge is 2.26. The SMILES string of the molecule is O=c1cc(I)[nH]c(C(F)F)c1[N+](=O)[O-]. The number of pyridine rings is 1. The average Bonchev–Trinajstić information content (AvgIpc) is 2.01. The molecule has 0 saturated heterocycles. The first-order valence-corrected chi connectivity index (χ1v) is 4.36. The number of rotatable bonds is 2. The number of aromatic amines is 1. The van der Waals surface area contributed by atoms with Crippen molar-refractivity contribution < 1.29 is 13.7 Å². The maximum Gasteiger partial charge on any atom is 0.341 e. The molecule has 0 unspecified atom stereocenters. The maximum absolute atomic E-state index is 12.3. The molecule has 1 heterocycles. The van der Waals surface area contributed by atoms with Crippen LogP contribution in [0.2, 0.25) is 0 Å². The zero-order valence-electron chi connectivity index (χ0n) is 6.46. The van der Waals surface area contributed by atoms with Crippen molar-refractivity contribution in [1.29, 1.82) is 0 Å². The highest BCUT2D eigenvalue weighted by atomic mass is 127. The van der Waals surface area contributed by atoms with Gasteiger partial charge in [0.05, 0.1) is 8.62 Å². The van der Waals surface area contributed by atoms with Crippen molar-refractivity contribution in [2.45, 2.75) is 6.43 Å². The molecular weight excluding hydrogens is 313 g/mol. The summed E-state index contributed by atoms with van der Waals surface area (Å²) in [4.78, 5) is 22.3. The molecule has 1 rings (SSSR count). The number of H-pyrrole nitrogens is 1. The second kappa shape index (κ2) is 3.98. The summed E-state index contributed by atoms with van der Waals surface area (Å²) in [5.41, 5.74) is -3.07. The summed E-state index contributed by atoms with van der Waals surface area (Å²) >= 11 is 1.59. The van der Waals surface area contributed by atoms with E-state index in [0.717, 1.165) is 6.07 Å². The fourth-order valence-electron chi connectivity index (χ4n) is 0.886. The van der Waals surface area contributed by atoms with E-state index in [-0.39, 0.29) is 3.70 Å². The third-order valence-corrected chi connectivity index (χ3v) is 1.98. The summed E-state index contributed by atoms with van der Waals surface area (Å²) in [6.45, 7) is 0. The van der Waals surface area contributed by atoms with Gasteiger partial charge in [-0.3, -0.25) is 14.9 Å². The van der Waals surface area contributed by atoms with E-state index in [1.54, 1.807) is 22.6 Å². The molecule has 0 amide bonds. The Morgan fingerprint density at radius 1 is 1.57 bits per heavy atom. The summed E-state index contributed by atoms with van der Waals surface area (Å²) in [6, 6.07) is 0.893. The highest BCUT2D eigenvalue weighted by Crippen LogP contribution is 2.24. The van der Waals surface area contributed by atoms with Crippen LogP contribution in [0.5, 0.6) is 0 Å². The van der Waals surface area contributed by atoms with Gasteiger partial charge >= 0.3 is 5.69 Å². The fourth-order valence-corrected chi connectivity index (χ4v) is 1.46. The van der Waals surface area contributed by atoms with Gasteiger partial charge in [0.1, 0.15) is 0 Å². The number of nitro groups is 1. The van der Waals surface area contributed by atoms with E-state index in [9.17, 15) is 23.7 Å².